The van der Waals surface area contributed by atoms with Crippen LogP contribution in [-0.4, -0.2) is 27.8 Å². The highest BCUT2D eigenvalue weighted by Crippen LogP contribution is 2.38. The summed E-state index contributed by atoms with van der Waals surface area (Å²) < 4.78 is 2.17. The highest BCUT2D eigenvalue weighted by molar-refractivity contribution is 5.75. The maximum absolute atomic E-state index is 9.40. The van der Waals surface area contributed by atoms with E-state index in [9.17, 15) is 5.11 Å². The molecule has 0 saturated heterocycles. The molecule has 4 heteroatoms. The molecule has 0 aliphatic heterocycles. The molecule has 1 aromatic carbocycles. The van der Waals surface area contributed by atoms with Crippen LogP contribution in [0.5, 0.6) is 0 Å². The van der Waals surface area contributed by atoms with Gasteiger partial charge in [0.2, 0.25) is 0 Å². The molecule has 1 fully saturated rings. The van der Waals surface area contributed by atoms with Crippen molar-refractivity contribution in [1.82, 2.24) is 14.9 Å². The van der Waals surface area contributed by atoms with Crippen molar-refractivity contribution >= 4 is 11.0 Å². The first-order valence-electron chi connectivity index (χ1n) is 8.46. The van der Waals surface area contributed by atoms with Crippen LogP contribution >= 0.6 is 0 Å². The number of nitrogens with zero attached hydrogens (tertiary/aromatic N) is 2. The molecule has 1 aromatic heterocycles. The van der Waals surface area contributed by atoms with Crippen molar-refractivity contribution in [2.24, 2.45) is 12.5 Å². The van der Waals surface area contributed by atoms with Gasteiger partial charge in [-0.3, -0.25) is 0 Å². The summed E-state index contributed by atoms with van der Waals surface area (Å²) in [5.41, 5.74) is 2.53. The van der Waals surface area contributed by atoms with Crippen LogP contribution < -0.4 is 5.32 Å². The van der Waals surface area contributed by atoms with E-state index in [-0.39, 0.29) is 5.41 Å². The summed E-state index contributed by atoms with van der Waals surface area (Å²) in [6.45, 7) is 2.07. The molecule has 0 atom stereocenters. The van der Waals surface area contributed by atoms with E-state index in [0.29, 0.717) is 6.61 Å². The van der Waals surface area contributed by atoms with Crippen molar-refractivity contribution in [2.75, 3.05) is 13.2 Å². The van der Waals surface area contributed by atoms with Gasteiger partial charge >= 0.3 is 0 Å². The van der Waals surface area contributed by atoms with Gasteiger partial charge in [0.05, 0.1) is 17.6 Å². The fourth-order valence-corrected chi connectivity index (χ4v) is 3.85. The number of nitrogens with one attached hydrogen (secondary N) is 1. The highest BCUT2D eigenvalue weighted by Gasteiger charge is 2.31. The number of rotatable bonds is 6. The van der Waals surface area contributed by atoms with Crippen LogP contribution in [0.25, 0.3) is 11.0 Å². The molecule has 0 bridgehead atoms. The SMILES string of the molecule is Cn1c(CNCC2(CCO)CCCCC2)nc2ccccc21. The topological polar surface area (TPSA) is 50.1 Å². The predicted molar refractivity (Wildman–Crippen MR) is 89.6 cm³/mol. The quantitative estimate of drug-likeness (QED) is 0.862. The molecule has 4 nitrogen and oxygen atoms in total. The molecule has 0 spiro atoms. The van der Waals surface area contributed by atoms with Crippen molar-refractivity contribution < 1.29 is 5.11 Å². The van der Waals surface area contributed by atoms with Crippen molar-refractivity contribution in [1.29, 1.82) is 0 Å². The maximum Gasteiger partial charge on any atom is 0.123 e. The first kappa shape index (κ1) is 15.5. The molecule has 1 heterocycles. The Morgan fingerprint density at radius 2 is 2.00 bits per heavy atom. The predicted octanol–water partition coefficient (Wildman–Crippen LogP) is 3.00. The van der Waals surface area contributed by atoms with Crippen LogP contribution in [0, 0.1) is 5.41 Å². The summed E-state index contributed by atoms with van der Waals surface area (Å²) in [6.07, 6.45) is 7.34. The molecule has 120 valence electrons. The van der Waals surface area contributed by atoms with E-state index >= 15 is 0 Å². The Morgan fingerprint density at radius 1 is 1.23 bits per heavy atom. The minimum atomic E-state index is 0.289. The van der Waals surface area contributed by atoms with Gasteiger partial charge in [-0.15, -0.1) is 0 Å². The van der Waals surface area contributed by atoms with Crippen LogP contribution in [0.15, 0.2) is 24.3 Å². The van der Waals surface area contributed by atoms with Gasteiger partial charge in [0.25, 0.3) is 0 Å². The third kappa shape index (κ3) is 3.18. The number of para-hydroxylation sites is 2. The lowest BCUT2D eigenvalue weighted by atomic mass is 9.72. The Labute approximate surface area is 132 Å². The van der Waals surface area contributed by atoms with Crippen LogP contribution in [0.4, 0.5) is 0 Å². The molecule has 1 aliphatic rings. The number of benzene rings is 1. The smallest absolute Gasteiger partial charge is 0.123 e. The lowest BCUT2D eigenvalue weighted by Crippen LogP contribution is -2.37. The molecular formula is C18H27N3O. The first-order chi connectivity index (χ1) is 10.7. The molecule has 3 rings (SSSR count). The van der Waals surface area contributed by atoms with E-state index in [1.54, 1.807) is 0 Å². The van der Waals surface area contributed by atoms with Crippen LogP contribution in [0.3, 0.4) is 0 Å². The first-order valence-corrected chi connectivity index (χ1v) is 8.46. The average molecular weight is 301 g/mol. The number of aliphatic hydroxyl groups excluding tert-OH is 1. The van der Waals surface area contributed by atoms with Gasteiger partial charge in [-0.2, -0.15) is 0 Å². The number of imidazole rings is 1. The number of hydrogen-bond acceptors (Lipinski definition) is 3. The molecule has 22 heavy (non-hydrogen) atoms. The Bertz CT molecular complexity index is 608. The molecular weight excluding hydrogens is 274 g/mol. The van der Waals surface area contributed by atoms with Gasteiger partial charge in [-0.25, -0.2) is 4.98 Å². The van der Waals surface area contributed by atoms with Crippen molar-refractivity contribution in [3.05, 3.63) is 30.1 Å². The summed E-state index contributed by atoms with van der Waals surface area (Å²) in [7, 11) is 2.08. The summed E-state index contributed by atoms with van der Waals surface area (Å²) >= 11 is 0. The Hall–Kier alpha value is -1.39. The monoisotopic (exact) mass is 301 g/mol. The van der Waals surface area contributed by atoms with Gasteiger partial charge < -0.3 is 15.0 Å². The van der Waals surface area contributed by atoms with Gasteiger partial charge in [0.15, 0.2) is 0 Å². The van der Waals surface area contributed by atoms with E-state index in [0.717, 1.165) is 30.9 Å². The largest absolute Gasteiger partial charge is 0.396 e. The maximum atomic E-state index is 9.40. The summed E-state index contributed by atoms with van der Waals surface area (Å²) in [5, 5.41) is 13.0. The minimum absolute atomic E-state index is 0.289. The number of aromatic nitrogens is 2. The second-order valence-corrected chi connectivity index (χ2v) is 6.71. The van der Waals surface area contributed by atoms with E-state index < -0.39 is 0 Å². The van der Waals surface area contributed by atoms with Crippen LogP contribution in [0.2, 0.25) is 0 Å². The van der Waals surface area contributed by atoms with Gasteiger partial charge in [0, 0.05) is 20.2 Å². The standard InChI is InChI=1S/C18H27N3O/c1-21-16-8-4-3-7-15(16)20-17(21)13-19-14-18(11-12-22)9-5-2-6-10-18/h3-4,7-8,19,22H,2,5-6,9-14H2,1H3. The van der Waals surface area contributed by atoms with Crippen molar-refractivity contribution in [2.45, 2.75) is 45.1 Å². The number of fused-ring (bicyclic) bond motifs is 1. The molecule has 0 amide bonds. The van der Waals surface area contributed by atoms with Gasteiger partial charge in [-0.1, -0.05) is 31.4 Å². The third-order valence-corrected chi connectivity index (χ3v) is 5.22. The second kappa shape index (κ2) is 6.80. The molecule has 2 N–H and O–H groups in total. The Morgan fingerprint density at radius 3 is 2.73 bits per heavy atom. The second-order valence-electron chi connectivity index (χ2n) is 6.71. The zero-order valence-corrected chi connectivity index (χ0v) is 13.5. The van der Waals surface area contributed by atoms with E-state index in [1.165, 1.54) is 37.6 Å². The summed E-state index contributed by atoms with van der Waals surface area (Å²) in [6, 6.07) is 8.26. The van der Waals surface area contributed by atoms with Crippen molar-refractivity contribution in [3.8, 4) is 0 Å². The van der Waals surface area contributed by atoms with Gasteiger partial charge in [0.1, 0.15) is 5.82 Å². The Kier molecular flexibility index (Phi) is 4.79. The number of aliphatic hydroxyl groups is 1. The fourth-order valence-electron chi connectivity index (χ4n) is 3.85. The van der Waals surface area contributed by atoms with E-state index in [2.05, 4.69) is 35.1 Å². The molecule has 1 aliphatic carbocycles. The molecule has 1 saturated carbocycles. The lowest BCUT2D eigenvalue weighted by Gasteiger charge is -2.37. The normalized spacial score (nSPS) is 17.9. The third-order valence-electron chi connectivity index (χ3n) is 5.22. The molecule has 0 unspecified atom stereocenters. The van der Waals surface area contributed by atoms with Crippen molar-refractivity contribution in [3.63, 3.8) is 0 Å². The highest BCUT2D eigenvalue weighted by atomic mass is 16.3. The molecule has 0 radical (unpaired) electrons. The van der Waals surface area contributed by atoms with E-state index in [1.807, 2.05) is 6.07 Å². The molecule has 2 aromatic rings. The minimum Gasteiger partial charge on any atom is -0.396 e. The lowest BCUT2D eigenvalue weighted by molar-refractivity contribution is 0.125. The van der Waals surface area contributed by atoms with Crippen LogP contribution in [0.1, 0.15) is 44.3 Å². The van der Waals surface area contributed by atoms with Gasteiger partial charge in [-0.05, 0) is 36.8 Å². The summed E-state index contributed by atoms with van der Waals surface area (Å²) in [4.78, 5) is 4.71. The fraction of sp³-hybridized carbons (Fsp3) is 0.611. The van der Waals surface area contributed by atoms with Crippen LogP contribution in [-0.2, 0) is 13.6 Å². The Balaban J connectivity index is 1.64. The number of aryl methyl sites for hydroxylation is 1. The summed E-state index contributed by atoms with van der Waals surface area (Å²) in [5.74, 6) is 1.08. The number of hydrogen-bond donors (Lipinski definition) is 2. The van der Waals surface area contributed by atoms with E-state index in [4.69, 9.17) is 4.98 Å². The zero-order valence-electron chi connectivity index (χ0n) is 13.5. The average Bonchev–Trinajstić information content (AvgIpc) is 2.85. The zero-order chi connectivity index (χ0) is 15.4.